The van der Waals surface area contributed by atoms with Gasteiger partial charge in [-0.15, -0.1) is 0 Å². The molecule has 0 bridgehead atoms. The van der Waals surface area contributed by atoms with E-state index >= 15 is 0 Å². The first-order chi connectivity index (χ1) is 13.8. The van der Waals surface area contributed by atoms with E-state index in [-0.39, 0.29) is 30.5 Å². The molecular weight excluding hydrogens is 444 g/mol. The number of aryl methyl sites for hydroxylation is 1. The molecule has 3 rings (SSSR count). The summed E-state index contributed by atoms with van der Waals surface area (Å²) in [6, 6.07) is 10.6. The number of hydrogen-bond donors (Lipinski definition) is 1. The smallest absolute Gasteiger partial charge is 0.312 e. The van der Waals surface area contributed by atoms with E-state index in [1.807, 2.05) is 24.3 Å². The Morgan fingerprint density at radius 2 is 2.00 bits per heavy atom. The first-order valence-corrected chi connectivity index (χ1v) is 9.58. The maximum Gasteiger partial charge on any atom is 0.312 e. The summed E-state index contributed by atoms with van der Waals surface area (Å²) >= 11 is 3.36. The summed E-state index contributed by atoms with van der Waals surface area (Å²) in [6.07, 6.45) is 0. The molecule has 0 aliphatic rings. The lowest BCUT2D eigenvalue weighted by Crippen LogP contribution is -2.27. The van der Waals surface area contributed by atoms with Crippen LogP contribution >= 0.6 is 15.9 Å². The number of benzene rings is 1. The Labute approximate surface area is 174 Å². The van der Waals surface area contributed by atoms with E-state index < -0.39 is 4.92 Å². The lowest BCUT2D eigenvalue weighted by Gasteiger charge is -2.06. The standard InChI is InChI=1S/C19H19BrN4O5/c1-12-18(24(26)27)13(2)23(22-12)10-9-21-19(25)17-8-7-16(29-17)11-28-15-5-3-14(20)4-6-15/h3-8H,9-11H2,1-2H3,(H,21,25). The molecule has 152 valence electrons. The topological polar surface area (TPSA) is 112 Å². The summed E-state index contributed by atoms with van der Waals surface area (Å²) in [5.74, 6) is 0.997. The maximum absolute atomic E-state index is 12.2. The third-order valence-electron chi connectivity index (χ3n) is 4.22. The molecule has 0 saturated carbocycles. The number of furan rings is 1. The quantitative estimate of drug-likeness (QED) is 0.402. The van der Waals surface area contributed by atoms with Gasteiger partial charge in [-0.25, -0.2) is 0 Å². The average molecular weight is 463 g/mol. The van der Waals surface area contributed by atoms with Crippen LogP contribution in [0.15, 0.2) is 45.3 Å². The third-order valence-corrected chi connectivity index (χ3v) is 4.74. The number of aromatic nitrogens is 2. The monoisotopic (exact) mass is 462 g/mol. The van der Waals surface area contributed by atoms with Crippen molar-refractivity contribution in [1.29, 1.82) is 0 Å². The molecule has 2 heterocycles. The Morgan fingerprint density at radius 3 is 2.66 bits per heavy atom. The maximum atomic E-state index is 12.2. The van der Waals surface area contributed by atoms with Gasteiger partial charge in [0.2, 0.25) is 0 Å². The van der Waals surface area contributed by atoms with E-state index in [0.717, 1.165) is 4.47 Å². The van der Waals surface area contributed by atoms with Gasteiger partial charge in [-0.3, -0.25) is 19.6 Å². The molecule has 10 heteroatoms. The molecule has 0 spiro atoms. The molecule has 2 aromatic heterocycles. The Kier molecular flexibility index (Phi) is 6.32. The summed E-state index contributed by atoms with van der Waals surface area (Å²) < 4.78 is 13.6. The number of nitrogens with one attached hydrogen (secondary N) is 1. The van der Waals surface area contributed by atoms with Crippen molar-refractivity contribution in [2.45, 2.75) is 27.0 Å². The third kappa shape index (κ3) is 5.02. The first kappa shape index (κ1) is 20.6. The van der Waals surface area contributed by atoms with E-state index in [0.29, 0.717) is 29.4 Å². The number of nitro groups is 1. The van der Waals surface area contributed by atoms with Gasteiger partial charge >= 0.3 is 5.69 Å². The van der Waals surface area contributed by atoms with E-state index in [1.54, 1.807) is 26.0 Å². The van der Waals surface area contributed by atoms with E-state index in [4.69, 9.17) is 9.15 Å². The number of hydrogen-bond acceptors (Lipinski definition) is 6. The zero-order valence-corrected chi connectivity index (χ0v) is 17.4. The zero-order chi connectivity index (χ0) is 21.0. The van der Waals surface area contributed by atoms with Gasteiger partial charge in [-0.1, -0.05) is 15.9 Å². The minimum atomic E-state index is -0.451. The van der Waals surface area contributed by atoms with Gasteiger partial charge in [0, 0.05) is 11.0 Å². The minimum Gasteiger partial charge on any atom is -0.486 e. The molecule has 0 radical (unpaired) electrons. The molecule has 9 nitrogen and oxygen atoms in total. The van der Waals surface area contributed by atoms with Crippen LogP contribution in [0.5, 0.6) is 5.75 Å². The lowest BCUT2D eigenvalue weighted by atomic mass is 10.3. The molecule has 1 amide bonds. The number of nitrogens with zero attached hydrogens (tertiary/aromatic N) is 3. The predicted molar refractivity (Wildman–Crippen MR) is 108 cm³/mol. The lowest BCUT2D eigenvalue weighted by molar-refractivity contribution is -0.386. The fourth-order valence-electron chi connectivity index (χ4n) is 2.79. The van der Waals surface area contributed by atoms with E-state index in [1.165, 1.54) is 4.68 Å². The fourth-order valence-corrected chi connectivity index (χ4v) is 3.06. The van der Waals surface area contributed by atoms with Crippen LogP contribution in [0.2, 0.25) is 0 Å². The van der Waals surface area contributed by atoms with Gasteiger partial charge in [0.25, 0.3) is 5.91 Å². The van der Waals surface area contributed by atoms with Crippen molar-refractivity contribution < 1.29 is 18.9 Å². The number of carbonyl (C=O) groups is 1. The van der Waals surface area contributed by atoms with Crippen LogP contribution in [0.4, 0.5) is 5.69 Å². The predicted octanol–water partition coefficient (Wildman–Crippen LogP) is 3.77. The Balaban J connectivity index is 1.51. The summed E-state index contributed by atoms with van der Waals surface area (Å²) in [5.41, 5.74) is 0.796. The minimum absolute atomic E-state index is 0.00206. The van der Waals surface area contributed by atoms with Crippen molar-refractivity contribution in [3.63, 3.8) is 0 Å². The molecule has 0 aliphatic carbocycles. The summed E-state index contributed by atoms with van der Waals surface area (Å²) in [6.45, 7) is 3.98. The normalized spacial score (nSPS) is 10.7. The SMILES string of the molecule is Cc1nn(CCNC(=O)c2ccc(COc3ccc(Br)cc3)o2)c(C)c1[N+](=O)[O-]. The second-order valence-corrected chi connectivity index (χ2v) is 7.18. The number of amides is 1. The number of ether oxygens (including phenoxy) is 1. The molecule has 0 aliphatic heterocycles. The van der Waals surface area contributed by atoms with Gasteiger partial charge in [0.1, 0.15) is 29.5 Å². The second-order valence-electron chi connectivity index (χ2n) is 6.26. The van der Waals surface area contributed by atoms with Gasteiger partial charge in [0.05, 0.1) is 11.5 Å². The second kappa shape index (κ2) is 8.91. The highest BCUT2D eigenvalue weighted by Crippen LogP contribution is 2.21. The Hall–Kier alpha value is -3.14. The van der Waals surface area contributed by atoms with Crippen LogP contribution < -0.4 is 10.1 Å². The first-order valence-electron chi connectivity index (χ1n) is 8.79. The van der Waals surface area contributed by atoms with Crippen LogP contribution in [-0.4, -0.2) is 27.2 Å². The van der Waals surface area contributed by atoms with Crippen molar-refractivity contribution in [3.05, 3.63) is 73.9 Å². The number of carbonyl (C=O) groups excluding carboxylic acids is 1. The highest BCUT2D eigenvalue weighted by atomic mass is 79.9. The van der Waals surface area contributed by atoms with Crippen molar-refractivity contribution in [1.82, 2.24) is 15.1 Å². The van der Waals surface area contributed by atoms with Gasteiger partial charge in [-0.2, -0.15) is 5.10 Å². The Bertz CT molecular complexity index is 1030. The molecule has 3 aromatic rings. The largest absolute Gasteiger partial charge is 0.486 e. The highest BCUT2D eigenvalue weighted by molar-refractivity contribution is 9.10. The van der Waals surface area contributed by atoms with Crippen molar-refractivity contribution in [2.24, 2.45) is 0 Å². The average Bonchev–Trinajstić information content (AvgIpc) is 3.26. The number of rotatable bonds is 8. The molecule has 0 fully saturated rings. The molecule has 1 aromatic carbocycles. The number of halogens is 1. The van der Waals surface area contributed by atoms with Crippen molar-refractivity contribution in [3.8, 4) is 5.75 Å². The molecule has 29 heavy (non-hydrogen) atoms. The highest BCUT2D eigenvalue weighted by Gasteiger charge is 2.21. The zero-order valence-electron chi connectivity index (χ0n) is 15.8. The van der Waals surface area contributed by atoms with E-state index in [2.05, 4.69) is 26.3 Å². The van der Waals surface area contributed by atoms with Gasteiger partial charge in [0.15, 0.2) is 5.76 Å². The van der Waals surface area contributed by atoms with Crippen LogP contribution in [0.1, 0.15) is 27.7 Å². The fraction of sp³-hybridized carbons (Fsp3) is 0.263. The van der Waals surface area contributed by atoms with Gasteiger partial charge in [-0.05, 0) is 50.2 Å². The van der Waals surface area contributed by atoms with Gasteiger partial charge < -0.3 is 14.5 Å². The van der Waals surface area contributed by atoms with Crippen molar-refractivity contribution >= 4 is 27.5 Å². The molecule has 0 unspecified atom stereocenters. The van der Waals surface area contributed by atoms with Crippen molar-refractivity contribution in [2.75, 3.05) is 6.54 Å². The summed E-state index contributed by atoms with van der Waals surface area (Å²) in [5, 5.41) is 17.9. The Morgan fingerprint density at radius 1 is 1.28 bits per heavy atom. The molecular formula is C19H19BrN4O5. The molecule has 0 saturated heterocycles. The van der Waals surface area contributed by atoms with E-state index in [9.17, 15) is 14.9 Å². The van der Waals surface area contributed by atoms with Crippen LogP contribution in [-0.2, 0) is 13.2 Å². The molecule has 0 atom stereocenters. The van der Waals surface area contributed by atoms with Crippen LogP contribution in [0, 0.1) is 24.0 Å². The van der Waals surface area contributed by atoms with Crippen LogP contribution in [0.3, 0.4) is 0 Å². The summed E-state index contributed by atoms with van der Waals surface area (Å²) in [4.78, 5) is 22.8. The molecule has 1 N–H and O–H groups in total. The summed E-state index contributed by atoms with van der Waals surface area (Å²) in [7, 11) is 0. The van der Waals surface area contributed by atoms with Crippen LogP contribution in [0.25, 0.3) is 0 Å².